The van der Waals surface area contributed by atoms with Crippen molar-refractivity contribution < 1.29 is 56.7 Å². The van der Waals surface area contributed by atoms with Crippen LogP contribution in [0.4, 0.5) is 13.6 Å². The second kappa shape index (κ2) is 18.0. The maximum atomic E-state index is 16.9. The number of aliphatic hydroxyl groups excluding tert-OH is 1. The zero-order valence-electron chi connectivity index (χ0n) is 35.6. The van der Waals surface area contributed by atoms with E-state index in [2.05, 4.69) is 5.32 Å². The third kappa shape index (κ3) is 8.84. The lowest BCUT2D eigenvalue weighted by Crippen LogP contribution is -2.62. The van der Waals surface area contributed by atoms with Gasteiger partial charge in [-0.15, -0.1) is 0 Å². The number of unbranched alkanes of at least 4 members (excludes halogenated alkanes) is 1. The van der Waals surface area contributed by atoms with Crippen molar-refractivity contribution in [1.29, 1.82) is 0 Å². The van der Waals surface area contributed by atoms with Crippen molar-refractivity contribution in [3.8, 4) is 0 Å². The molecule has 13 atom stereocenters. The summed E-state index contributed by atoms with van der Waals surface area (Å²) in [4.78, 5) is 58.1. The summed E-state index contributed by atoms with van der Waals surface area (Å²) >= 11 is 0. The number of aliphatic hydroxyl groups is 1. The molecule has 3 aliphatic rings. The van der Waals surface area contributed by atoms with Crippen LogP contribution in [0, 0.1) is 23.6 Å². The summed E-state index contributed by atoms with van der Waals surface area (Å²) in [6.07, 6.45) is -2.47. The number of esters is 1. The fourth-order valence-corrected chi connectivity index (χ4v) is 9.62. The molecule has 0 spiro atoms. The van der Waals surface area contributed by atoms with Gasteiger partial charge in [0.2, 0.25) is 0 Å². The number of ether oxygens (including phenoxy) is 5. The molecule has 58 heavy (non-hydrogen) atoms. The van der Waals surface area contributed by atoms with Crippen LogP contribution in [-0.2, 0) is 44.6 Å². The van der Waals surface area contributed by atoms with Crippen LogP contribution in [0.25, 0.3) is 10.9 Å². The molecule has 3 saturated heterocycles. The average molecular weight is 820 g/mol. The van der Waals surface area contributed by atoms with E-state index in [1.807, 2.05) is 30.7 Å². The van der Waals surface area contributed by atoms with Crippen molar-refractivity contribution in [2.45, 2.75) is 161 Å². The first-order valence-electron chi connectivity index (χ1n) is 20.7. The number of nitrogens with one attached hydrogen (secondary N) is 1. The molecule has 1 unspecified atom stereocenters. The highest BCUT2D eigenvalue weighted by Gasteiger charge is 2.61. The lowest BCUT2D eigenvalue weighted by Gasteiger charge is -2.46. The Kier molecular flexibility index (Phi) is 14.1. The normalized spacial score (nSPS) is 38.1. The van der Waals surface area contributed by atoms with Crippen LogP contribution in [0.3, 0.4) is 0 Å². The Hall–Kier alpha value is -3.50. The van der Waals surface area contributed by atoms with E-state index in [4.69, 9.17) is 23.7 Å². The molecule has 324 valence electrons. The van der Waals surface area contributed by atoms with Gasteiger partial charge in [0.1, 0.15) is 23.8 Å². The highest BCUT2D eigenvalue weighted by atomic mass is 19.1. The lowest BCUT2D eigenvalue weighted by atomic mass is 9.73. The fourth-order valence-electron chi connectivity index (χ4n) is 9.62. The molecule has 1 aromatic carbocycles. The predicted octanol–water partition coefficient (Wildman–Crippen LogP) is 5.90. The molecule has 0 radical (unpaired) electrons. The Balaban J connectivity index is 1.48. The van der Waals surface area contributed by atoms with Gasteiger partial charge in [-0.05, 0) is 90.6 Å². The van der Waals surface area contributed by atoms with Gasteiger partial charge in [-0.2, -0.15) is 0 Å². The number of rotatable bonds is 11. The van der Waals surface area contributed by atoms with Gasteiger partial charge in [0.05, 0.1) is 23.9 Å². The molecule has 2 aromatic rings. The maximum absolute atomic E-state index is 16.9. The second-order valence-corrected chi connectivity index (χ2v) is 17.1. The summed E-state index contributed by atoms with van der Waals surface area (Å²) in [5.74, 6) is -6.18. The van der Waals surface area contributed by atoms with Crippen LogP contribution in [0.15, 0.2) is 30.5 Å². The molecule has 3 aliphatic heterocycles. The van der Waals surface area contributed by atoms with Crippen molar-refractivity contribution in [3.63, 3.8) is 0 Å². The molecule has 3 fully saturated rings. The number of Topliss-reactive ketones (excluding diaryl/α,β-unsaturated/α-hetero) is 2. The summed E-state index contributed by atoms with van der Waals surface area (Å²) in [6.45, 7) is 15.7. The summed E-state index contributed by atoms with van der Waals surface area (Å²) < 4.78 is 63.1. The van der Waals surface area contributed by atoms with Crippen LogP contribution < -0.4 is 5.32 Å². The van der Waals surface area contributed by atoms with Crippen molar-refractivity contribution in [1.82, 2.24) is 14.8 Å². The molecular weight excluding hydrogens is 756 g/mol. The van der Waals surface area contributed by atoms with E-state index in [1.54, 1.807) is 40.7 Å². The summed E-state index contributed by atoms with van der Waals surface area (Å²) in [5, 5.41) is 15.4. The van der Waals surface area contributed by atoms with Crippen LogP contribution in [0.2, 0.25) is 0 Å². The van der Waals surface area contributed by atoms with Gasteiger partial charge in [0, 0.05) is 61.1 Å². The van der Waals surface area contributed by atoms with E-state index >= 15 is 4.39 Å². The second-order valence-electron chi connectivity index (χ2n) is 17.1. The molecule has 5 rings (SSSR count). The first-order chi connectivity index (χ1) is 27.2. The highest BCUT2D eigenvalue weighted by molar-refractivity contribution is 6.08. The van der Waals surface area contributed by atoms with E-state index in [9.17, 15) is 28.7 Å². The van der Waals surface area contributed by atoms with E-state index in [1.165, 1.54) is 31.1 Å². The van der Waals surface area contributed by atoms with Gasteiger partial charge in [0.25, 0.3) is 5.67 Å². The third-order valence-electron chi connectivity index (χ3n) is 12.8. The maximum Gasteiger partial charge on any atom is 0.410 e. The van der Waals surface area contributed by atoms with Crippen molar-refractivity contribution in [2.75, 3.05) is 20.2 Å². The van der Waals surface area contributed by atoms with Gasteiger partial charge >= 0.3 is 12.1 Å². The predicted molar refractivity (Wildman–Crippen MR) is 211 cm³/mol. The molecular formula is C43H63F2N3O10. The van der Waals surface area contributed by atoms with Crippen LogP contribution in [0.5, 0.6) is 0 Å². The fraction of sp³-hybridized carbons (Fsp3) is 0.721. The smallest absolute Gasteiger partial charge is 0.410 e. The van der Waals surface area contributed by atoms with Crippen LogP contribution in [-0.4, -0.2) is 118 Å². The Morgan fingerprint density at radius 3 is 2.34 bits per heavy atom. The molecule has 0 bridgehead atoms. The number of fused-ring (bicyclic) bond motifs is 2. The first kappa shape index (κ1) is 45.6. The standard InChI is InChI=1S/C43H63F2N3O10/c1-11-32-43(9)35(48(40(53)58-43)19-14-13-18-47-20-17-28-22-29(44)15-16-31(28)47)26(5)33(49)24(3)23-41(7,54-10)37(27(6)36(51)42(8,45)39(52)56-32)57-38-34(50)30(46-12-2)21-25(4)55-38/h15-17,20,22,24-27,30,32,34-35,37-38,46,50H,11-14,18-19,21,23H2,1-10H3/t24-,25-,26+,27+,30+,32-,34+,35?,37-,38+,41-,42+,43-/m1/s1. The number of methoxy groups -OCH3 is 1. The minimum Gasteiger partial charge on any atom is -0.455 e. The minimum atomic E-state index is -3.19. The Bertz CT molecular complexity index is 1810. The molecule has 13 nitrogen and oxygen atoms in total. The Morgan fingerprint density at radius 2 is 1.69 bits per heavy atom. The molecule has 1 amide bonds. The van der Waals surface area contributed by atoms with Gasteiger partial charge in [-0.3, -0.25) is 9.59 Å². The highest BCUT2D eigenvalue weighted by Crippen LogP contribution is 2.43. The molecule has 0 aliphatic carbocycles. The first-order valence-corrected chi connectivity index (χ1v) is 20.7. The molecule has 1 aromatic heterocycles. The molecule has 15 heteroatoms. The van der Waals surface area contributed by atoms with Gasteiger partial charge in [-0.25, -0.2) is 18.4 Å². The quantitative estimate of drug-likeness (QED) is 0.158. The number of aromatic nitrogens is 1. The topological polar surface area (TPSA) is 155 Å². The molecule has 2 N–H and O–H groups in total. The Labute approximate surface area is 340 Å². The lowest BCUT2D eigenvalue weighted by molar-refractivity contribution is -0.290. The summed E-state index contributed by atoms with van der Waals surface area (Å²) in [5.41, 5.74) is -5.37. The van der Waals surface area contributed by atoms with Crippen molar-refractivity contribution in [3.05, 3.63) is 36.3 Å². The van der Waals surface area contributed by atoms with Crippen molar-refractivity contribution in [2.24, 2.45) is 17.8 Å². The Morgan fingerprint density at radius 1 is 1.00 bits per heavy atom. The van der Waals surface area contributed by atoms with Crippen LogP contribution >= 0.6 is 0 Å². The number of halogens is 2. The van der Waals surface area contributed by atoms with E-state index in [0.717, 1.165) is 17.8 Å². The van der Waals surface area contributed by atoms with Gasteiger partial charge in [-0.1, -0.05) is 34.6 Å². The van der Waals surface area contributed by atoms with E-state index < -0.39 is 89.2 Å². The zero-order valence-corrected chi connectivity index (χ0v) is 35.6. The minimum absolute atomic E-state index is 0.0123. The number of cyclic esters (lactones) is 1. The van der Waals surface area contributed by atoms with Crippen LogP contribution in [0.1, 0.15) is 94.4 Å². The number of benzene rings is 1. The number of hydrogen-bond donors (Lipinski definition) is 2. The van der Waals surface area contributed by atoms with Gasteiger partial charge in [0.15, 0.2) is 17.7 Å². The number of aryl methyl sites for hydroxylation is 1. The number of carbonyl (C=O) groups excluding carboxylic acids is 4. The molecule has 0 saturated carbocycles. The van der Waals surface area contributed by atoms with E-state index in [0.29, 0.717) is 32.4 Å². The number of carbonyl (C=O) groups is 4. The third-order valence-corrected chi connectivity index (χ3v) is 12.8. The number of nitrogens with zero attached hydrogens (tertiary/aromatic N) is 2. The number of alkyl halides is 1. The van der Waals surface area contributed by atoms with Crippen molar-refractivity contribution >= 4 is 34.5 Å². The monoisotopic (exact) mass is 819 g/mol. The zero-order chi connectivity index (χ0) is 42.9. The number of amides is 1. The average Bonchev–Trinajstić information content (AvgIpc) is 3.69. The number of ketones is 2. The largest absolute Gasteiger partial charge is 0.455 e. The molecule has 4 heterocycles. The summed E-state index contributed by atoms with van der Waals surface area (Å²) in [6, 6.07) is 5.09. The summed E-state index contributed by atoms with van der Waals surface area (Å²) in [7, 11) is 1.39. The van der Waals surface area contributed by atoms with E-state index in [-0.39, 0.29) is 37.1 Å². The number of likely N-dealkylation sites (N-methyl/N-ethyl adjacent to an activating group) is 1. The van der Waals surface area contributed by atoms with Gasteiger partial charge < -0.3 is 43.6 Å². The SMILES string of the molecule is CCN[C@H]1C[C@@H](C)O[C@@H](O[C@@H]2[C@@H](C)C(=O)[C@](C)(F)C(=O)O[C@H](CC)[C@@]3(C)OC(=O)N(CCCCn4ccc5cc(F)ccc54)C3[C@@H](C)C(=O)[C@H](C)C[C@@]2(C)OC)[C@H]1O. The number of hydrogen-bond acceptors (Lipinski definition) is 11.